The number of hydrogen-bond donors (Lipinski definition) is 1. The van der Waals surface area contributed by atoms with Crippen molar-refractivity contribution in [3.8, 4) is 23.1 Å². The molecule has 10 heteroatoms. The molecule has 4 aromatic heterocycles. The molecule has 186 valence electrons. The third-order valence-corrected chi connectivity index (χ3v) is 6.02. The van der Waals surface area contributed by atoms with Crippen LogP contribution >= 0.6 is 0 Å². The van der Waals surface area contributed by atoms with Crippen molar-refractivity contribution in [1.82, 2.24) is 34.4 Å². The van der Waals surface area contributed by atoms with Gasteiger partial charge in [0, 0.05) is 42.2 Å². The van der Waals surface area contributed by atoms with Gasteiger partial charge in [-0.05, 0) is 48.4 Å². The average molecular weight is 503 g/mol. The highest BCUT2D eigenvalue weighted by Gasteiger charge is 2.18. The number of carbonyl (C=O) groups is 1. The maximum absolute atomic E-state index is 12.7. The van der Waals surface area contributed by atoms with E-state index in [1.54, 1.807) is 29.2 Å². The number of nitrogens with zero attached hydrogens (tertiary/aromatic N) is 7. The summed E-state index contributed by atoms with van der Waals surface area (Å²) in [4.78, 5) is 31.4. The molecule has 1 aromatic carbocycles. The summed E-state index contributed by atoms with van der Waals surface area (Å²) in [7, 11) is 0. The molecule has 10 nitrogen and oxygen atoms in total. The van der Waals surface area contributed by atoms with E-state index in [2.05, 4.69) is 37.1 Å². The van der Waals surface area contributed by atoms with Gasteiger partial charge >= 0.3 is 0 Å². The summed E-state index contributed by atoms with van der Waals surface area (Å²) in [5.74, 6) is 7.61. The number of anilines is 2. The van der Waals surface area contributed by atoms with Gasteiger partial charge in [-0.3, -0.25) is 4.79 Å². The standard InChI is InChI=1S/C28H22N8O2/c37-28(35-13-15-38-16-14-35)22-4-2-21(3-5-22)24-7-8-27-31-18-23(36(27)34-24)6-1-20-9-12-30-26(17-20)33-25-10-11-29-19-32-25/h2-5,7-12,17-19H,13-16H2,(H,29,30,32,33). The molecule has 0 unspecified atom stereocenters. The second-order valence-electron chi connectivity index (χ2n) is 8.51. The summed E-state index contributed by atoms with van der Waals surface area (Å²) in [5.41, 5.74) is 4.43. The van der Waals surface area contributed by atoms with E-state index in [0.717, 1.165) is 16.8 Å². The third-order valence-electron chi connectivity index (χ3n) is 6.02. The molecule has 1 aliphatic heterocycles. The molecule has 0 aliphatic carbocycles. The van der Waals surface area contributed by atoms with Crippen molar-refractivity contribution < 1.29 is 9.53 Å². The zero-order chi connectivity index (χ0) is 25.7. The summed E-state index contributed by atoms with van der Waals surface area (Å²) in [5, 5.41) is 7.89. The Bertz CT molecular complexity index is 1650. The van der Waals surface area contributed by atoms with E-state index in [0.29, 0.717) is 54.8 Å². The Labute approximate surface area is 218 Å². The number of nitrogens with one attached hydrogen (secondary N) is 1. The SMILES string of the molecule is O=C(c1ccc(-c2ccc3ncc(C#Cc4ccnc(Nc5ccncn5)c4)n3n2)cc1)N1CCOCC1. The van der Waals surface area contributed by atoms with Crippen molar-refractivity contribution in [2.75, 3.05) is 31.6 Å². The number of amides is 1. The van der Waals surface area contributed by atoms with Gasteiger partial charge < -0.3 is 15.0 Å². The van der Waals surface area contributed by atoms with E-state index in [1.165, 1.54) is 6.33 Å². The first-order valence-corrected chi connectivity index (χ1v) is 12.1. The number of carbonyl (C=O) groups excluding carboxylic acids is 1. The topological polar surface area (TPSA) is 110 Å². The monoisotopic (exact) mass is 502 g/mol. The van der Waals surface area contributed by atoms with E-state index in [1.807, 2.05) is 53.4 Å². The fourth-order valence-electron chi connectivity index (χ4n) is 4.05. The maximum atomic E-state index is 12.7. The van der Waals surface area contributed by atoms with Crippen LogP contribution in [0.25, 0.3) is 16.9 Å². The van der Waals surface area contributed by atoms with Crippen molar-refractivity contribution in [3.63, 3.8) is 0 Å². The molecule has 0 bridgehead atoms. The van der Waals surface area contributed by atoms with Gasteiger partial charge in [-0.15, -0.1) is 0 Å². The summed E-state index contributed by atoms with van der Waals surface area (Å²) in [6.07, 6.45) is 6.51. The van der Waals surface area contributed by atoms with E-state index in [-0.39, 0.29) is 5.91 Å². The minimum atomic E-state index is 0.0157. The van der Waals surface area contributed by atoms with E-state index in [4.69, 9.17) is 9.84 Å². The van der Waals surface area contributed by atoms with Gasteiger partial charge in [-0.1, -0.05) is 18.1 Å². The zero-order valence-corrected chi connectivity index (χ0v) is 20.3. The number of rotatable bonds is 4. The van der Waals surface area contributed by atoms with Gasteiger partial charge in [0.05, 0.1) is 25.1 Å². The van der Waals surface area contributed by atoms with E-state index < -0.39 is 0 Å². The van der Waals surface area contributed by atoms with E-state index in [9.17, 15) is 4.79 Å². The molecule has 1 aliphatic rings. The first kappa shape index (κ1) is 23.3. The molecular formula is C28H22N8O2. The van der Waals surface area contributed by atoms with Gasteiger partial charge in [0.1, 0.15) is 23.7 Å². The van der Waals surface area contributed by atoms with Crippen molar-refractivity contribution >= 4 is 23.2 Å². The van der Waals surface area contributed by atoms with Crippen molar-refractivity contribution in [2.45, 2.75) is 0 Å². The number of morpholine rings is 1. The van der Waals surface area contributed by atoms with Crippen LogP contribution in [0.3, 0.4) is 0 Å². The number of imidazole rings is 1. The number of pyridine rings is 1. The largest absolute Gasteiger partial charge is 0.378 e. The summed E-state index contributed by atoms with van der Waals surface area (Å²) >= 11 is 0. The normalized spacial score (nSPS) is 13.1. The Morgan fingerprint density at radius 2 is 1.76 bits per heavy atom. The fraction of sp³-hybridized carbons (Fsp3) is 0.143. The number of fused-ring (bicyclic) bond motifs is 1. The van der Waals surface area contributed by atoms with Gasteiger partial charge in [0.2, 0.25) is 0 Å². The molecule has 6 rings (SSSR count). The lowest BCUT2D eigenvalue weighted by atomic mass is 10.1. The zero-order valence-electron chi connectivity index (χ0n) is 20.3. The average Bonchev–Trinajstić information content (AvgIpc) is 3.39. The minimum Gasteiger partial charge on any atom is -0.378 e. The van der Waals surface area contributed by atoms with Crippen LogP contribution in [0.4, 0.5) is 11.6 Å². The molecule has 38 heavy (non-hydrogen) atoms. The first-order valence-electron chi connectivity index (χ1n) is 12.1. The molecule has 1 saturated heterocycles. The van der Waals surface area contributed by atoms with Crippen LogP contribution in [0.2, 0.25) is 0 Å². The maximum Gasteiger partial charge on any atom is 0.254 e. The Morgan fingerprint density at radius 1 is 0.895 bits per heavy atom. The highest BCUT2D eigenvalue weighted by molar-refractivity contribution is 5.94. The summed E-state index contributed by atoms with van der Waals surface area (Å²) in [6.45, 7) is 2.38. The number of aromatic nitrogens is 6. The lowest BCUT2D eigenvalue weighted by Crippen LogP contribution is -2.40. The molecule has 1 N–H and O–H groups in total. The van der Waals surface area contributed by atoms with Gasteiger partial charge in [0.15, 0.2) is 5.65 Å². The lowest BCUT2D eigenvalue weighted by molar-refractivity contribution is 0.0303. The second-order valence-corrected chi connectivity index (χ2v) is 8.51. The van der Waals surface area contributed by atoms with Crippen LogP contribution in [0, 0.1) is 11.8 Å². The Kier molecular flexibility index (Phi) is 6.41. The van der Waals surface area contributed by atoms with Crippen molar-refractivity contribution in [3.05, 3.63) is 96.3 Å². The quantitative estimate of drug-likeness (QED) is 0.373. The first-order chi connectivity index (χ1) is 18.7. The smallest absolute Gasteiger partial charge is 0.254 e. The molecule has 0 spiro atoms. The van der Waals surface area contributed by atoms with Crippen molar-refractivity contribution in [1.29, 1.82) is 0 Å². The fourth-order valence-corrected chi connectivity index (χ4v) is 4.05. The molecule has 1 amide bonds. The van der Waals surface area contributed by atoms with Crippen LogP contribution in [0.1, 0.15) is 21.6 Å². The van der Waals surface area contributed by atoms with Crippen LogP contribution in [0.5, 0.6) is 0 Å². The van der Waals surface area contributed by atoms with Crippen LogP contribution in [-0.4, -0.2) is 66.7 Å². The predicted molar refractivity (Wildman–Crippen MR) is 141 cm³/mol. The minimum absolute atomic E-state index is 0.0157. The Hall–Kier alpha value is -5.14. The third kappa shape index (κ3) is 5.04. The predicted octanol–water partition coefficient (Wildman–Crippen LogP) is 3.20. The Balaban J connectivity index is 1.22. The Morgan fingerprint density at radius 3 is 2.58 bits per heavy atom. The number of ether oxygens (including phenoxy) is 1. The van der Waals surface area contributed by atoms with Gasteiger partial charge in [0.25, 0.3) is 5.91 Å². The highest BCUT2D eigenvalue weighted by Crippen LogP contribution is 2.20. The highest BCUT2D eigenvalue weighted by atomic mass is 16.5. The van der Waals surface area contributed by atoms with Gasteiger partial charge in [-0.2, -0.15) is 5.10 Å². The molecule has 5 aromatic rings. The lowest BCUT2D eigenvalue weighted by Gasteiger charge is -2.26. The molecule has 5 heterocycles. The van der Waals surface area contributed by atoms with Crippen LogP contribution < -0.4 is 5.32 Å². The summed E-state index contributed by atoms with van der Waals surface area (Å²) < 4.78 is 7.06. The van der Waals surface area contributed by atoms with Crippen LogP contribution in [-0.2, 0) is 4.74 Å². The van der Waals surface area contributed by atoms with Crippen molar-refractivity contribution in [2.24, 2.45) is 0 Å². The molecule has 0 atom stereocenters. The summed E-state index contributed by atoms with van der Waals surface area (Å²) in [6, 6.07) is 16.7. The number of benzene rings is 1. The second kappa shape index (κ2) is 10.5. The van der Waals surface area contributed by atoms with Gasteiger partial charge in [-0.25, -0.2) is 24.5 Å². The van der Waals surface area contributed by atoms with Crippen LogP contribution in [0.15, 0.2) is 79.5 Å². The van der Waals surface area contributed by atoms with E-state index >= 15 is 0 Å². The molecule has 0 radical (unpaired) electrons. The number of hydrogen-bond acceptors (Lipinski definition) is 8. The molecular weight excluding hydrogens is 480 g/mol. The molecule has 1 fully saturated rings. The molecule has 0 saturated carbocycles.